The van der Waals surface area contributed by atoms with Gasteiger partial charge in [-0.05, 0) is 25.0 Å². The van der Waals surface area contributed by atoms with Crippen molar-refractivity contribution in [2.75, 3.05) is 19.7 Å². The molecule has 0 atom stereocenters. The summed E-state index contributed by atoms with van der Waals surface area (Å²) < 4.78 is 5.47. The maximum absolute atomic E-state index is 12.0. The average Bonchev–Trinajstić information content (AvgIpc) is 2.69. The van der Waals surface area contributed by atoms with E-state index in [1.54, 1.807) is 18.2 Å². The average molecular weight is 302 g/mol. The number of likely N-dealkylation sites (tertiary alicyclic amines) is 1. The highest BCUT2D eigenvalue weighted by molar-refractivity contribution is 6.42. The fourth-order valence-corrected chi connectivity index (χ4v) is 2.49. The minimum Gasteiger partial charge on any atom is -0.482 e. The second kappa shape index (κ2) is 7.01. The molecule has 1 amide bonds. The molecular weight excluding hydrogens is 285 g/mol. The highest BCUT2D eigenvalue weighted by Crippen LogP contribution is 2.31. The van der Waals surface area contributed by atoms with E-state index in [0.717, 1.165) is 25.9 Å². The zero-order chi connectivity index (χ0) is 13.7. The van der Waals surface area contributed by atoms with Gasteiger partial charge in [-0.15, -0.1) is 0 Å². The summed E-state index contributed by atoms with van der Waals surface area (Å²) in [4.78, 5) is 13.9. The van der Waals surface area contributed by atoms with Crippen molar-refractivity contribution in [3.05, 3.63) is 28.2 Å². The number of nitrogens with zero attached hydrogens (tertiary/aromatic N) is 1. The van der Waals surface area contributed by atoms with Gasteiger partial charge in [0.15, 0.2) is 6.61 Å². The fraction of sp³-hybridized carbons (Fsp3) is 0.500. The Morgan fingerprint density at radius 2 is 1.84 bits per heavy atom. The molecule has 2 rings (SSSR count). The van der Waals surface area contributed by atoms with E-state index in [2.05, 4.69) is 0 Å². The van der Waals surface area contributed by atoms with Crippen LogP contribution < -0.4 is 4.74 Å². The van der Waals surface area contributed by atoms with E-state index in [9.17, 15) is 4.79 Å². The lowest BCUT2D eigenvalue weighted by molar-refractivity contribution is -0.133. The third-order valence-corrected chi connectivity index (χ3v) is 4.03. The first-order chi connectivity index (χ1) is 9.18. The monoisotopic (exact) mass is 301 g/mol. The van der Waals surface area contributed by atoms with Crippen LogP contribution in [0.2, 0.25) is 10.0 Å². The molecule has 0 radical (unpaired) electrons. The van der Waals surface area contributed by atoms with Gasteiger partial charge >= 0.3 is 0 Å². The molecule has 19 heavy (non-hydrogen) atoms. The van der Waals surface area contributed by atoms with Crippen LogP contribution in [0.25, 0.3) is 0 Å². The lowest BCUT2D eigenvalue weighted by atomic mass is 10.2. The Morgan fingerprint density at radius 1 is 1.16 bits per heavy atom. The van der Waals surface area contributed by atoms with Crippen LogP contribution in [0.4, 0.5) is 0 Å². The van der Waals surface area contributed by atoms with Crippen LogP contribution in [0, 0.1) is 0 Å². The standard InChI is InChI=1S/C14H17Cl2NO2/c15-11-6-5-7-12(14(11)16)19-10-13(18)17-8-3-1-2-4-9-17/h5-7H,1-4,8-10H2. The van der Waals surface area contributed by atoms with Gasteiger partial charge in [-0.25, -0.2) is 0 Å². The Hall–Kier alpha value is -0.930. The van der Waals surface area contributed by atoms with Gasteiger partial charge in [0.2, 0.25) is 0 Å². The summed E-state index contributed by atoms with van der Waals surface area (Å²) >= 11 is 11.9. The topological polar surface area (TPSA) is 29.5 Å². The largest absolute Gasteiger partial charge is 0.482 e. The normalized spacial score (nSPS) is 16.0. The van der Waals surface area contributed by atoms with Crippen LogP contribution in [-0.2, 0) is 4.79 Å². The molecule has 1 aromatic carbocycles. The zero-order valence-corrected chi connectivity index (χ0v) is 12.2. The summed E-state index contributed by atoms with van der Waals surface area (Å²) in [6.45, 7) is 1.66. The molecule has 0 N–H and O–H groups in total. The van der Waals surface area contributed by atoms with Gasteiger partial charge in [-0.3, -0.25) is 4.79 Å². The molecule has 1 aliphatic heterocycles. The Balaban J connectivity index is 1.90. The van der Waals surface area contributed by atoms with E-state index in [-0.39, 0.29) is 12.5 Å². The van der Waals surface area contributed by atoms with Crippen LogP contribution in [0.3, 0.4) is 0 Å². The summed E-state index contributed by atoms with van der Waals surface area (Å²) in [5.74, 6) is 0.468. The van der Waals surface area contributed by atoms with Crippen molar-refractivity contribution in [3.8, 4) is 5.75 Å². The smallest absolute Gasteiger partial charge is 0.260 e. The van der Waals surface area contributed by atoms with Gasteiger partial charge in [0.1, 0.15) is 10.8 Å². The van der Waals surface area contributed by atoms with Crippen molar-refractivity contribution in [2.24, 2.45) is 0 Å². The van der Waals surface area contributed by atoms with Crippen LogP contribution in [0.1, 0.15) is 25.7 Å². The molecule has 0 spiro atoms. The van der Waals surface area contributed by atoms with Gasteiger partial charge in [0.25, 0.3) is 5.91 Å². The molecule has 0 bridgehead atoms. The second-order valence-electron chi connectivity index (χ2n) is 4.64. The van der Waals surface area contributed by atoms with Crippen molar-refractivity contribution >= 4 is 29.1 Å². The number of hydrogen-bond donors (Lipinski definition) is 0. The van der Waals surface area contributed by atoms with Gasteiger partial charge in [0.05, 0.1) is 5.02 Å². The van der Waals surface area contributed by atoms with E-state index in [1.165, 1.54) is 12.8 Å². The van der Waals surface area contributed by atoms with Crippen molar-refractivity contribution in [3.63, 3.8) is 0 Å². The molecule has 5 heteroatoms. The Kier molecular flexibility index (Phi) is 5.34. The number of carbonyl (C=O) groups is 1. The molecule has 1 aromatic rings. The Morgan fingerprint density at radius 3 is 2.53 bits per heavy atom. The number of ether oxygens (including phenoxy) is 1. The van der Waals surface area contributed by atoms with E-state index < -0.39 is 0 Å². The Labute approximate surface area is 123 Å². The van der Waals surface area contributed by atoms with Gasteiger partial charge in [-0.2, -0.15) is 0 Å². The van der Waals surface area contributed by atoms with Crippen molar-refractivity contribution in [2.45, 2.75) is 25.7 Å². The SMILES string of the molecule is O=C(COc1cccc(Cl)c1Cl)N1CCCCCC1. The Bertz CT molecular complexity index is 443. The number of amides is 1. The maximum atomic E-state index is 12.0. The highest BCUT2D eigenvalue weighted by Gasteiger charge is 2.16. The summed E-state index contributed by atoms with van der Waals surface area (Å²) in [7, 11) is 0. The van der Waals surface area contributed by atoms with Crippen molar-refractivity contribution in [1.29, 1.82) is 0 Å². The number of carbonyl (C=O) groups excluding carboxylic acids is 1. The summed E-state index contributed by atoms with van der Waals surface area (Å²) in [5, 5.41) is 0.786. The van der Waals surface area contributed by atoms with E-state index in [1.807, 2.05) is 4.90 Å². The lowest BCUT2D eigenvalue weighted by Crippen LogP contribution is -2.35. The first kappa shape index (κ1) is 14.5. The van der Waals surface area contributed by atoms with Crippen LogP contribution >= 0.6 is 23.2 Å². The molecular formula is C14H17Cl2NO2. The molecule has 1 fully saturated rings. The molecule has 0 saturated carbocycles. The quantitative estimate of drug-likeness (QED) is 0.850. The third kappa shape index (κ3) is 4.02. The van der Waals surface area contributed by atoms with E-state index in [0.29, 0.717) is 15.8 Å². The first-order valence-electron chi connectivity index (χ1n) is 6.53. The highest BCUT2D eigenvalue weighted by atomic mass is 35.5. The van der Waals surface area contributed by atoms with Crippen LogP contribution in [0.15, 0.2) is 18.2 Å². The molecule has 1 heterocycles. The van der Waals surface area contributed by atoms with Crippen LogP contribution in [-0.4, -0.2) is 30.5 Å². The van der Waals surface area contributed by atoms with Crippen molar-refractivity contribution in [1.82, 2.24) is 4.90 Å². The predicted octanol–water partition coefficient (Wildman–Crippen LogP) is 3.77. The van der Waals surface area contributed by atoms with Gasteiger partial charge in [0, 0.05) is 13.1 Å². The number of rotatable bonds is 3. The molecule has 104 valence electrons. The van der Waals surface area contributed by atoms with Gasteiger partial charge in [-0.1, -0.05) is 42.1 Å². The first-order valence-corrected chi connectivity index (χ1v) is 7.28. The summed E-state index contributed by atoms with van der Waals surface area (Å²) in [6, 6.07) is 5.15. The van der Waals surface area contributed by atoms with Gasteiger partial charge < -0.3 is 9.64 Å². The molecule has 1 aliphatic rings. The zero-order valence-electron chi connectivity index (χ0n) is 10.7. The fourth-order valence-electron chi connectivity index (χ4n) is 2.15. The molecule has 1 saturated heterocycles. The minimum atomic E-state index is 0.0120. The molecule has 0 aromatic heterocycles. The number of hydrogen-bond acceptors (Lipinski definition) is 2. The van der Waals surface area contributed by atoms with Crippen LogP contribution in [0.5, 0.6) is 5.75 Å². The van der Waals surface area contributed by atoms with E-state index in [4.69, 9.17) is 27.9 Å². The second-order valence-corrected chi connectivity index (χ2v) is 5.42. The maximum Gasteiger partial charge on any atom is 0.260 e. The minimum absolute atomic E-state index is 0.0120. The molecule has 0 unspecified atom stereocenters. The lowest BCUT2D eigenvalue weighted by Gasteiger charge is -2.20. The summed E-state index contributed by atoms with van der Waals surface area (Å²) in [5.41, 5.74) is 0. The predicted molar refractivity (Wildman–Crippen MR) is 77.0 cm³/mol. The third-order valence-electron chi connectivity index (χ3n) is 3.23. The molecule has 0 aliphatic carbocycles. The molecule has 3 nitrogen and oxygen atoms in total. The van der Waals surface area contributed by atoms with E-state index >= 15 is 0 Å². The van der Waals surface area contributed by atoms with Crippen molar-refractivity contribution < 1.29 is 9.53 Å². The number of halogens is 2. The summed E-state index contributed by atoms with van der Waals surface area (Å²) in [6.07, 6.45) is 4.54. The number of benzene rings is 1.